The van der Waals surface area contributed by atoms with Crippen molar-refractivity contribution in [2.24, 2.45) is 0 Å². The van der Waals surface area contributed by atoms with E-state index in [1.807, 2.05) is 79.4 Å². The van der Waals surface area contributed by atoms with E-state index in [4.69, 9.17) is 4.98 Å². The number of carbonyl (C=O) groups excluding carboxylic acids is 1. The molecule has 1 aromatic heterocycles. The second-order valence-electron chi connectivity index (χ2n) is 7.33. The van der Waals surface area contributed by atoms with Crippen molar-refractivity contribution in [3.8, 4) is 0 Å². The first-order chi connectivity index (χ1) is 14.1. The van der Waals surface area contributed by atoms with E-state index in [0.29, 0.717) is 32.1 Å². The van der Waals surface area contributed by atoms with Gasteiger partial charge in [-0.15, -0.1) is 0 Å². The van der Waals surface area contributed by atoms with Crippen LogP contribution in [0.15, 0.2) is 60.7 Å². The average Bonchev–Trinajstić information content (AvgIpc) is 2.74. The Morgan fingerprint density at radius 1 is 0.897 bits per heavy atom. The molecule has 6 heteroatoms. The molecule has 29 heavy (non-hydrogen) atoms. The van der Waals surface area contributed by atoms with Crippen LogP contribution in [0.25, 0.3) is 0 Å². The maximum atomic E-state index is 12.8. The molecule has 0 spiro atoms. The Morgan fingerprint density at radius 3 is 2.38 bits per heavy atom. The van der Waals surface area contributed by atoms with Gasteiger partial charge in [-0.3, -0.25) is 4.79 Å². The third-order valence-corrected chi connectivity index (χ3v) is 5.00. The van der Waals surface area contributed by atoms with Gasteiger partial charge >= 0.3 is 0 Å². The van der Waals surface area contributed by atoms with Crippen molar-refractivity contribution in [3.05, 3.63) is 77.5 Å². The van der Waals surface area contributed by atoms with Crippen LogP contribution in [0.1, 0.15) is 21.6 Å². The number of aromatic nitrogens is 2. The van der Waals surface area contributed by atoms with Crippen molar-refractivity contribution in [1.82, 2.24) is 14.9 Å². The van der Waals surface area contributed by atoms with Crippen molar-refractivity contribution >= 4 is 23.4 Å². The normalized spacial score (nSPS) is 14.0. The van der Waals surface area contributed by atoms with Gasteiger partial charge in [-0.2, -0.15) is 4.98 Å². The molecule has 6 nitrogen and oxygen atoms in total. The zero-order valence-electron chi connectivity index (χ0n) is 16.8. The van der Waals surface area contributed by atoms with E-state index in [0.717, 1.165) is 28.3 Å². The minimum Gasteiger partial charge on any atom is -0.340 e. The summed E-state index contributed by atoms with van der Waals surface area (Å²) in [6.45, 7) is 6.72. The van der Waals surface area contributed by atoms with Gasteiger partial charge in [0.05, 0.1) is 0 Å². The number of para-hydroxylation sites is 1. The zero-order valence-corrected chi connectivity index (χ0v) is 16.8. The zero-order chi connectivity index (χ0) is 20.2. The first kappa shape index (κ1) is 18.9. The van der Waals surface area contributed by atoms with E-state index < -0.39 is 0 Å². The number of nitrogens with one attached hydrogen (secondary N) is 1. The largest absolute Gasteiger partial charge is 0.340 e. The Bertz CT molecular complexity index is 997. The van der Waals surface area contributed by atoms with E-state index in [-0.39, 0.29) is 5.91 Å². The Hall–Kier alpha value is -3.41. The van der Waals surface area contributed by atoms with Crippen LogP contribution in [-0.2, 0) is 0 Å². The van der Waals surface area contributed by atoms with Gasteiger partial charge in [0.15, 0.2) is 0 Å². The number of hydrogen-bond acceptors (Lipinski definition) is 5. The van der Waals surface area contributed by atoms with Gasteiger partial charge in [-0.05, 0) is 38.1 Å². The minimum atomic E-state index is 0.0879. The molecule has 1 aliphatic rings. The van der Waals surface area contributed by atoms with E-state index >= 15 is 0 Å². The summed E-state index contributed by atoms with van der Waals surface area (Å²) in [5.41, 5.74) is 3.75. The molecule has 1 fully saturated rings. The number of rotatable bonds is 4. The van der Waals surface area contributed by atoms with Gasteiger partial charge in [0.1, 0.15) is 5.82 Å². The van der Waals surface area contributed by atoms with Crippen molar-refractivity contribution in [2.75, 3.05) is 36.4 Å². The summed E-state index contributed by atoms with van der Waals surface area (Å²) in [5, 5.41) is 3.34. The van der Waals surface area contributed by atoms with Gasteiger partial charge in [-0.1, -0.05) is 35.9 Å². The molecule has 0 saturated carbocycles. The smallest absolute Gasteiger partial charge is 0.253 e. The predicted molar refractivity (Wildman–Crippen MR) is 116 cm³/mol. The van der Waals surface area contributed by atoms with Gasteiger partial charge < -0.3 is 15.1 Å². The van der Waals surface area contributed by atoms with Crippen LogP contribution < -0.4 is 10.2 Å². The summed E-state index contributed by atoms with van der Waals surface area (Å²) in [5.74, 6) is 1.56. The molecule has 0 atom stereocenters. The Labute approximate surface area is 171 Å². The minimum absolute atomic E-state index is 0.0879. The van der Waals surface area contributed by atoms with Gasteiger partial charge in [0.25, 0.3) is 5.91 Å². The van der Waals surface area contributed by atoms with Crippen LogP contribution in [0.5, 0.6) is 0 Å². The highest BCUT2D eigenvalue weighted by Crippen LogP contribution is 2.20. The lowest BCUT2D eigenvalue weighted by atomic mass is 10.1. The van der Waals surface area contributed by atoms with E-state index in [9.17, 15) is 4.79 Å². The van der Waals surface area contributed by atoms with Crippen molar-refractivity contribution in [3.63, 3.8) is 0 Å². The highest BCUT2D eigenvalue weighted by atomic mass is 16.2. The molecule has 0 bridgehead atoms. The Balaban J connectivity index is 1.43. The molecule has 2 aromatic carbocycles. The second-order valence-corrected chi connectivity index (χ2v) is 7.33. The van der Waals surface area contributed by atoms with E-state index in [1.54, 1.807) is 0 Å². The van der Waals surface area contributed by atoms with Crippen LogP contribution in [0.4, 0.5) is 17.5 Å². The topological polar surface area (TPSA) is 61.4 Å². The first-order valence-corrected chi connectivity index (χ1v) is 9.87. The Morgan fingerprint density at radius 2 is 1.66 bits per heavy atom. The molecule has 4 rings (SSSR count). The SMILES string of the molecule is Cc1cccc(C(=O)N2CCN(c3nc(C)cc(Nc4ccccc4)n3)CC2)c1. The molecule has 1 saturated heterocycles. The summed E-state index contributed by atoms with van der Waals surface area (Å²) in [6.07, 6.45) is 0. The van der Waals surface area contributed by atoms with E-state index in [1.165, 1.54) is 0 Å². The third kappa shape index (κ3) is 4.54. The highest BCUT2D eigenvalue weighted by Gasteiger charge is 2.24. The second kappa shape index (κ2) is 8.31. The number of carbonyl (C=O) groups is 1. The van der Waals surface area contributed by atoms with Crippen molar-refractivity contribution in [2.45, 2.75) is 13.8 Å². The maximum Gasteiger partial charge on any atom is 0.253 e. The number of anilines is 3. The van der Waals surface area contributed by atoms with Crippen LogP contribution in [0, 0.1) is 13.8 Å². The highest BCUT2D eigenvalue weighted by molar-refractivity contribution is 5.94. The molecule has 0 aliphatic carbocycles. The number of amides is 1. The maximum absolute atomic E-state index is 12.8. The molecule has 0 unspecified atom stereocenters. The number of piperazine rings is 1. The molecule has 1 N–H and O–H groups in total. The van der Waals surface area contributed by atoms with Crippen molar-refractivity contribution < 1.29 is 4.79 Å². The number of benzene rings is 2. The van der Waals surface area contributed by atoms with Gasteiger partial charge in [-0.25, -0.2) is 4.98 Å². The lowest BCUT2D eigenvalue weighted by Gasteiger charge is -2.35. The summed E-state index contributed by atoms with van der Waals surface area (Å²) in [6, 6.07) is 19.7. The van der Waals surface area contributed by atoms with Crippen LogP contribution in [0.2, 0.25) is 0 Å². The number of nitrogens with zero attached hydrogens (tertiary/aromatic N) is 4. The summed E-state index contributed by atoms with van der Waals surface area (Å²) >= 11 is 0. The lowest BCUT2D eigenvalue weighted by Crippen LogP contribution is -2.49. The fourth-order valence-electron chi connectivity index (χ4n) is 3.50. The predicted octanol–water partition coefficient (Wildman–Crippen LogP) is 3.80. The average molecular weight is 387 g/mol. The van der Waals surface area contributed by atoms with Crippen molar-refractivity contribution in [1.29, 1.82) is 0 Å². The number of hydrogen-bond donors (Lipinski definition) is 1. The molecule has 3 aromatic rings. The van der Waals surface area contributed by atoms with Crippen LogP contribution >= 0.6 is 0 Å². The molecule has 2 heterocycles. The first-order valence-electron chi connectivity index (χ1n) is 9.87. The molecular formula is C23H25N5O. The van der Waals surface area contributed by atoms with Crippen LogP contribution in [-0.4, -0.2) is 47.0 Å². The summed E-state index contributed by atoms with van der Waals surface area (Å²) in [7, 11) is 0. The molecule has 0 radical (unpaired) electrons. The van der Waals surface area contributed by atoms with Gasteiger partial charge in [0, 0.05) is 49.2 Å². The quantitative estimate of drug-likeness (QED) is 0.738. The monoisotopic (exact) mass is 387 g/mol. The van der Waals surface area contributed by atoms with Gasteiger partial charge in [0.2, 0.25) is 5.95 Å². The summed E-state index contributed by atoms with van der Waals surface area (Å²) < 4.78 is 0. The molecule has 148 valence electrons. The third-order valence-electron chi connectivity index (χ3n) is 5.00. The fraction of sp³-hybridized carbons (Fsp3) is 0.261. The molecule has 1 aliphatic heterocycles. The standard InChI is InChI=1S/C23H25N5O/c1-17-7-6-8-19(15-17)22(29)27-11-13-28(14-12-27)23-24-18(2)16-21(26-23)25-20-9-4-3-5-10-20/h3-10,15-16H,11-14H2,1-2H3,(H,24,25,26). The lowest BCUT2D eigenvalue weighted by molar-refractivity contribution is 0.0746. The molecule has 1 amide bonds. The van der Waals surface area contributed by atoms with Crippen LogP contribution in [0.3, 0.4) is 0 Å². The fourth-order valence-corrected chi connectivity index (χ4v) is 3.50. The van der Waals surface area contributed by atoms with E-state index in [2.05, 4.69) is 15.2 Å². The molecular weight excluding hydrogens is 362 g/mol. The number of aryl methyl sites for hydroxylation is 2. The Kier molecular flexibility index (Phi) is 5.42. The summed E-state index contributed by atoms with van der Waals surface area (Å²) in [4.78, 5) is 26.1.